The van der Waals surface area contributed by atoms with Crippen LogP contribution in [0, 0.1) is 39.9 Å². The molecule has 7 aliphatic rings. The van der Waals surface area contributed by atoms with Gasteiger partial charge in [-0.1, -0.05) is 44.0 Å². The highest BCUT2D eigenvalue weighted by molar-refractivity contribution is 5.86. The van der Waals surface area contributed by atoms with E-state index in [0.717, 1.165) is 48.7 Å². The van der Waals surface area contributed by atoms with Gasteiger partial charge in [0.15, 0.2) is 0 Å². The zero-order valence-electron chi connectivity index (χ0n) is 28.7. The topological polar surface area (TPSA) is 177 Å². The minimum atomic E-state index is -2.11. The van der Waals surface area contributed by atoms with Crippen LogP contribution in [0.3, 0.4) is 0 Å². The molecule has 7 N–H and O–H groups in total. The molecule has 1 heterocycles. The molecule has 268 valence electrons. The Labute approximate surface area is 287 Å². The monoisotopic (exact) mass is 679 g/mol. The van der Waals surface area contributed by atoms with Gasteiger partial charge >= 0.3 is 5.97 Å². The Balaban J connectivity index is 1.19. The van der Waals surface area contributed by atoms with Gasteiger partial charge in [-0.3, -0.25) is 0 Å². The first kappa shape index (κ1) is 33.9. The Morgan fingerprint density at radius 3 is 2.39 bits per heavy atom. The average Bonchev–Trinajstić information content (AvgIpc) is 3.76. The minimum Gasteiger partial charge on any atom is -0.454 e. The zero-order chi connectivity index (χ0) is 34.8. The van der Waals surface area contributed by atoms with Crippen LogP contribution in [0.4, 0.5) is 0 Å². The number of rotatable bonds is 6. The Hall–Kier alpha value is -2.18. The third-order valence-electron chi connectivity index (χ3n) is 15.8. The lowest BCUT2D eigenvalue weighted by Gasteiger charge is -2.71. The van der Waals surface area contributed by atoms with Crippen molar-refractivity contribution in [2.75, 3.05) is 7.05 Å². The molecule has 0 saturated heterocycles. The van der Waals surface area contributed by atoms with Crippen molar-refractivity contribution in [3.63, 3.8) is 0 Å². The molecule has 8 rings (SSSR count). The fraction of sp³-hybridized carbons (Fsp3) is 0.744. The summed E-state index contributed by atoms with van der Waals surface area (Å²) in [6, 6.07) is 7.61. The van der Waals surface area contributed by atoms with Gasteiger partial charge in [0.25, 0.3) is 0 Å². The van der Waals surface area contributed by atoms with Crippen LogP contribution < -0.4 is 5.32 Å². The van der Waals surface area contributed by atoms with E-state index in [2.05, 4.69) is 5.32 Å². The number of likely N-dealkylation sites (N-methyl/N-ethyl adjacent to an activating group) is 1. The lowest BCUT2D eigenvalue weighted by Crippen LogP contribution is -2.82. The highest BCUT2D eigenvalue weighted by Gasteiger charge is 2.82. The van der Waals surface area contributed by atoms with Crippen LogP contribution in [0.5, 0.6) is 0 Å². The predicted octanol–water partition coefficient (Wildman–Crippen LogP) is 2.09. The SMILES string of the molecule is CN[C@H](Cc1ccccc1CO)[C@@H]1C[C@@H]2C[C@]3(O)[C@]4(O)[C@@H](O)C[C@]5(O)C[C@@H](O)C6(CCCC6)C[C@]5(C=O)[C@H]4CC[C@]3(C)[C@H]2C2=CC(=O)O[C@H]21. The second kappa shape index (κ2) is 11.2. The molecule has 6 aliphatic carbocycles. The number of ether oxygens (including phenoxy) is 1. The number of hydrogen-bond donors (Lipinski definition) is 7. The summed E-state index contributed by atoms with van der Waals surface area (Å²) in [6.07, 6.45) is 4.75. The van der Waals surface area contributed by atoms with E-state index in [1.165, 1.54) is 0 Å². The highest BCUT2D eigenvalue weighted by atomic mass is 16.5. The molecule has 0 amide bonds. The molecule has 0 unspecified atom stereocenters. The first-order valence-corrected chi connectivity index (χ1v) is 18.5. The van der Waals surface area contributed by atoms with E-state index in [-0.39, 0.29) is 56.1 Å². The van der Waals surface area contributed by atoms with Gasteiger partial charge in [-0.15, -0.1) is 0 Å². The molecule has 0 radical (unpaired) electrons. The van der Waals surface area contributed by atoms with Gasteiger partial charge in [-0.05, 0) is 92.4 Å². The van der Waals surface area contributed by atoms with Crippen molar-refractivity contribution >= 4 is 12.3 Å². The van der Waals surface area contributed by atoms with Crippen LogP contribution in [0.1, 0.15) is 88.7 Å². The number of aliphatic hydroxyl groups excluding tert-OH is 3. The number of esters is 1. The molecule has 13 atom stereocenters. The van der Waals surface area contributed by atoms with E-state index in [4.69, 9.17) is 4.74 Å². The van der Waals surface area contributed by atoms with Crippen LogP contribution in [0.15, 0.2) is 35.9 Å². The number of hydrogen-bond acceptors (Lipinski definition) is 10. The van der Waals surface area contributed by atoms with E-state index in [1.54, 1.807) is 6.08 Å². The van der Waals surface area contributed by atoms with E-state index >= 15 is 0 Å². The van der Waals surface area contributed by atoms with Gasteiger partial charge in [0.2, 0.25) is 0 Å². The number of carbonyl (C=O) groups is 2. The number of benzene rings is 1. The molecule has 10 nitrogen and oxygen atoms in total. The van der Waals surface area contributed by atoms with Gasteiger partial charge in [-0.2, -0.15) is 0 Å². The molecule has 1 aromatic carbocycles. The molecule has 6 fully saturated rings. The summed E-state index contributed by atoms with van der Waals surface area (Å²) in [7, 11) is 1.88. The molecular formula is C39H53NO9. The summed E-state index contributed by atoms with van der Waals surface area (Å²) in [6.45, 7) is 1.88. The Kier molecular flexibility index (Phi) is 7.73. The smallest absolute Gasteiger partial charge is 0.331 e. The van der Waals surface area contributed by atoms with Crippen molar-refractivity contribution < 1.29 is 45.0 Å². The van der Waals surface area contributed by atoms with E-state index < -0.39 is 63.2 Å². The van der Waals surface area contributed by atoms with Crippen molar-refractivity contribution in [2.45, 2.75) is 132 Å². The molecule has 1 aromatic rings. The first-order valence-electron chi connectivity index (χ1n) is 18.5. The second-order valence-electron chi connectivity index (χ2n) is 17.4. The standard InChI is InChI=1S/C39H53NO9/c1-34-12-9-28-36(21-42)20-35(10-5-6-11-35)29(43)17-37(36,46)18-30(44)39(28,48)38(34,47)16-24-13-25(33-26(32(24)34)15-31(45)49-33)27(40-2)14-22-7-3-4-8-23(22)19-41/h3-4,7-8,15,21,24-25,27-30,32-33,40-41,43-44,46-48H,5-6,9-14,16-20H2,1-2H3/t24-,25+,27-,28-,29-,30+,32-,33+,34-,36+,37-,38-,39-/m1/s1. The van der Waals surface area contributed by atoms with E-state index in [9.17, 15) is 40.2 Å². The van der Waals surface area contributed by atoms with Crippen LogP contribution in [0.2, 0.25) is 0 Å². The number of fused-ring (bicyclic) bond motifs is 9. The van der Waals surface area contributed by atoms with E-state index in [0.29, 0.717) is 25.7 Å². The summed E-state index contributed by atoms with van der Waals surface area (Å²) in [5.74, 6) is -1.95. The molecule has 1 spiro atoms. The second-order valence-corrected chi connectivity index (χ2v) is 17.4. The van der Waals surface area contributed by atoms with Crippen molar-refractivity contribution in [1.29, 1.82) is 0 Å². The lowest BCUT2D eigenvalue weighted by atomic mass is 9.37. The van der Waals surface area contributed by atoms with Gasteiger partial charge < -0.3 is 45.5 Å². The third-order valence-corrected chi connectivity index (χ3v) is 15.8. The highest BCUT2D eigenvalue weighted by Crippen LogP contribution is 2.75. The number of aldehydes is 1. The third kappa shape index (κ3) is 4.20. The molecule has 1 aliphatic heterocycles. The van der Waals surface area contributed by atoms with E-state index in [1.807, 2.05) is 38.2 Å². The number of nitrogens with one attached hydrogen (secondary N) is 1. The summed E-state index contributed by atoms with van der Waals surface area (Å²) >= 11 is 0. The maximum absolute atomic E-state index is 13.5. The maximum atomic E-state index is 13.5. The van der Waals surface area contributed by atoms with Gasteiger partial charge in [0, 0.05) is 42.2 Å². The predicted molar refractivity (Wildman–Crippen MR) is 178 cm³/mol. The van der Waals surface area contributed by atoms with Crippen molar-refractivity contribution in [2.24, 2.45) is 39.9 Å². The van der Waals surface area contributed by atoms with Crippen LogP contribution in [-0.2, 0) is 27.4 Å². The van der Waals surface area contributed by atoms with Crippen LogP contribution in [0.25, 0.3) is 0 Å². The largest absolute Gasteiger partial charge is 0.454 e. The number of aliphatic hydroxyl groups is 6. The fourth-order valence-electron chi connectivity index (χ4n) is 13.6. The zero-order valence-corrected chi connectivity index (χ0v) is 28.7. The van der Waals surface area contributed by atoms with Gasteiger partial charge in [0.05, 0.1) is 29.8 Å². The molecule has 49 heavy (non-hydrogen) atoms. The lowest BCUT2D eigenvalue weighted by molar-refractivity contribution is -0.353. The van der Waals surface area contributed by atoms with Crippen LogP contribution in [-0.4, -0.2) is 91.1 Å². The van der Waals surface area contributed by atoms with Crippen molar-refractivity contribution in [1.82, 2.24) is 5.32 Å². The molecule has 6 saturated carbocycles. The summed E-state index contributed by atoms with van der Waals surface area (Å²) in [5, 5.41) is 75.5. The average molecular weight is 680 g/mol. The maximum Gasteiger partial charge on any atom is 0.331 e. The summed E-state index contributed by atoms with van der Waals surface area (Å²) < 4.78 is 6.04. The summed E-state index contributed by atoms with van der Waals surface area (Å²) in [5.41, 5.74) is -5.95. The quantitative estimate of drug-likeness (QED) is 0.174. The molecule has 10 heteroatoms. The van der Waals surface area contributed by atoms with Gasteiger partial charge in [-0.25, -0.2) is 4.79 Å². The summed E-state index contributed by atoms with van der Waals surface area (Å²) in [4.78, 5) is 26.6. The Bertz CT molecular complexity index is 1560. The first-order chi connectivity index (χ1) is 23.3. The number of carbonyl (C=O) groups excluding carboxylic acids is 2. The Morgan fingerprint density at radius 1 is 1.02 bits per heavy atom. The van der Waals surface area contributed by atoms with Gasteiger partial charge in [0.1, 0.15) is 23.6 Å². The Morgan fingerprint density at radius 2 is 1.71 bits per heavy atom. The molecule has 0 aromatic heterocycles. The van der Waals surface area contributed by atoms with Crippen LogP contribution >= 0.6 is 0 Å². The molecule has 0 bridgehead atoms. The van der Waals surface area contributed by atoms with Crippen molar-refractivity contribution in [3.8, 4) is 0 Å². The normalized spacial score (nSPS) is 48.4. The molecular weight excluding hydrogens is 626 g/mol. The van der Waals surface area contributed by atoms with Crippen molar-refractivity contribution in [3.05, 3.63) is 47.0 Å². The fourth-order valence-corrected chi connectivity index (χ4v) is 13.6. The minimum absolute atomic E-state index is 0.0448.